The molecule has 4 nitrogen and oxygen atoms in total. The van der Waals surface area contributed by atoms with Gasteiger partial charge in [0.2, 0.25) is 0 Å². The number of aryl methyl sites for hydroxylation is 1. The third kappa shape index (κ3) is 3.74. The number of thiazole rings is 1. The second-order valence-electron chi connectivity index (χ2n) is 4.98. The van der Waals surface area contributed by atoms with Crippen molar-refractivity contribution in [2.45, 2.75) is 26.3 Å². The Morgan fingerprint density at radius 3 is 2.90 bits per heavy atom. The zero-order valence-electron chi connectivity index (χ0n) is 12.2. The summed E-state index contributed by atoms with van der Waals surface area (Å²) in [6.45, 7) is 5.25. The van der Waals surface area contributed by atoms with Crippen LogP contribution in [0.3, 0.4) is 0 Å². The molecule has 0 saturated heterocycles. The third-order valence-corrected chi connectivity index (χ3v) is 4.54. The summed E-state index contributed by atoms with van der Waals surface area (Å²) in [5.41, 5.74) is 1.27. The molecule has 1 N–H and O–H groups in total. The van der Waals surface area contributed by atoms with Crippen molar-refractivity contribution in [3.8, 4) is 11.5 Å². The highest BCUT2D eigenvalue weighted by molar-refractivity contribution is 7.11. The van der Waals surface area contributed by atoms with Gasteiger partial charge in [0, 0.05) is 17.6 Å². The topological polar surface area (TPSA) is 43.4 Å². The van der Waals surface area contributed by atoms with E-state index < -0.39 is 0 Å². The van der Waals surface area contributed by atoms with Crippen molar-refractivity contribution < 1.29 is 9.47 Å². The lowest BCUT2D eigenvalue weighted by Gasteiger charge is -2.18. The third-order valence-electron chi connectivity index (χ3n) is 3.40. The number of ether oxygens (including phenoxy) is 2. The summed E-state index contributed by atoms with van der Waals surface area (Å²) >= 11 is 1.79. The smallest absolute Gasteiger partial charge is 0.161 e. The van der Waals surface area contributed by atoms with Crippen LogP contribution in [-0.4, -0.2) is 24.7 Å². The molecule has 5 heteroatoms. The summed E-state index contributed by atoms with van der Waals surface area (Å²) in [7, 11) is 0. The Kier molecular flexibility index (Phi) is 4.72. The average Bonchev–Trinajstić information content (AvgIpc) is 2.99. The van der Waals surface area contributed by atoms with Crippen LogP contribution < -0.4 is 14.8 Å². The molecule has 1 aliphatic rings. The summed E-state index contributed by atoms with van der Waals surface area (Å²) in [5.74, 6) is 1.73. The lowest BCUT2D eigenvalue weighted by atomic mass is 10.1. The van der Waals surface area contributed by atoms with Crippen molar-refractivity contribution in [3.63, 3.8) is 0 Å². The number of nitrogens with one attached hydrogen (secondary N) is 1. The largest absolute Gasteiger partial charge is 0.486 e. The van der Waals surface area contributed by atoms with Gasteiger partial charge < -0.3 is 14.8 Å². The highest BCUT2D eigenvalue weighted by Crippen LogP contribution is 2.30. The molecule has 0 radical (unpaired) electrons. The highest BCUT2D eigenvalue weighted by Gasteiger charge is 2.11. The average molecular weight is 304 g/mol. The van der Waals surface area contributed by atoms with Gasteiger partial charge in [-0.3, -0.25) is 0 Å². The van der Waals surface area contributed by atoms with E-state index in [1.165, 1.54) is 15.4 Å². The molecule has 0 amide bonds. The van der Waals surface area contributed by atoms with Gasteiger partial charge in [-0.15, -0.1) is 11.3 Å². The van der Waals surface area contributed by atoms with Gasteiger partial charge in [-0.2, -0.15) is 0 Å². The Bertz CT molecular complexity index is 598. The summed E-state index contributed by atoms with van der Waals surface area (Å²) in [4.78, 5) is 5.67. The quantitative estimate of drug-likeness (QED) is 0.834. The van der Waals surface area contributed by atoms with Gasteiger partial charge in [0.05, 0.1) is 5.01 Å². The molecule has 0 spiro atoms. The monoisotopic (exact) mass is 304 g/mol. The second-order valence-corrected chi connectivity index (χ2v) is 6.18. The molecule has 0 fully saturated rings. The number of fused-ring (bicyclic) bond motifs is 1. The van der Waals surface area contributed by atoms with Crippen LogP contribution in [0.25, 0.3) is 0 Å². The lowest BCUT2D eigenvalue weighted by molar-refractivity contribution is 0.171. The number of hydrogen-bond acceptors (Lipinski definition) is 5. The molecule has 112 valence electrons. The first kappa shape index (κ1) is 14.4. The normalized spacial score (nSPS) is 13.4. The molecule has 21 heavy (non-hydrogen) atoms. The molecule has 1 aromatic carbocycles. The molecule has 0 aliphatic carbocycles. The van der Waals surface area contributed by atoms with E-state index in [9.17, 15) is 0 Å². The zero-order valence-corrected chi connectivity index (χ0v) is 13.0. The number of nitrogens with zero attached hydrogens (tertiary/aromatic N) is 1. The maximum absolute atomic E-state index is 5.60. The standard InChI is InChI=1S/C16H20N2O2S/c1-2-16-18-11-13(21-16)10-17-6-5-12-3-4-14-15(9-12)20-8-7-19-14/h3-4,9,11,17H,2,5-8,10H2,1H3. The van der Waals surface area contributed by atoms with Crippen molar-refractivity contribution in [3.05, 3.63) is 39.8 Å². The Labute approximate surface area is 129 Å². The van der Waals surface area contributed by atoms with E-state index >= 15 is 0 Å². The van der Waals surface area contributed by atoms with Gasteiger partial charge >= 0.3 is 0 Å². The first-order chi connectivity index (χ1) is 10.3. The Hall–Kier alpha value is -1.59. The fourth-order valence-corrected chi connectivity index (χ4v) is 3.11. The van der Waals surface area contributed by atoms with Crippen molar-refractivity contribution in [2.75, 3.05) is 19.8 Å². The van der Waals surface area contributed by atoms with Gasteiger partial charge in [-0.1, -0.05) is 13.0 Å². The number of aromatic nitrogens is 1. The van der Waals surface area contributed by atoms with Crippen LogP contribution >= 0.6 is 11.3 Å². The first-order valence-electron chi connectivity index (χ1n) is 7.38. The van der Waals surface area contributed by atoms with E-state index in [2.05, 4.69) is 29.4 Å². The van der Waals surface area contributed by atoms with Crippen molar-refractivity contribution >= 4 is 11.3 Å². The SMILES string of the molecule is CCc1ncc(CNCCc2ccc3c(c2)OCCO3)s1. The van der Waals surface area contributed by atoms with Gasteiger partial charge in [0.15, 0.2) is 11.5 Å². The molecule has 1 aliphatic heterocycles. The van der Waals surface area contributed by atoms with Gasteiger partial charge in [0.1, 0.15) is 13.2 Å². The highest BCUT2D eigenvalue weighted by atomic mass is 32.1. The second kappa shape index (κ2) is 6.91. The van der Waals surface area contributed by atoms with E-state index in [0.717, 1.165) is 37.4 Å². The molecule has 0 unspecified atom stereocenters. The molecule has 0 saturated carbocycles. The van der Waals surface area contributed by atoms with Gasteiger partial charge in [-0.05, 0) is 37.1 Å². The van der Waals surface area contributed by atoms with Crippen LogP contribution in [0, 0.1) is 0 Å². The van der Waals surface area contributed by atoms with E-state index in [-0.39, 0.29) is 0 Å². The summed E-state index contributed by atoms with van der Waals surface area (Å²) in [6, 6.07) is 6.19. The zero-order chi connectivity index (χ0) is 14.5. The van der Waals surface area contributed by atoms with Crippen LogP contribution in [0.15, 0.2) is 24.4 Å². The maximum Gasteiger partial charge on any atom is 0.161 e. The molecule has 3 rings (SSSR count). The van der Waals surface area contributed by atoms with Crippen LogP contribution in [0.4, 0.5) is 0 Å². The van der Waals surface area contributed by atoms with E-state index in [0.29, 0.717) is 13.2 Å². The minimum absolute atomic E-state index is 0.639. The Morgan fingerprint density at radius 2 is 2.10 bits per heavy atom. The predicted octanol–water partition coefficient (Wildman–Crippen LogP) is 2.81. The number of rotatable bonds is 6. The van der Waals surface area contributed by atoms with Crippen molar-refractivity contribution in [1.82, 2.24) is 10.3 Å². The van der Waals surface area contributed by atoms with E-state index in [1.54, 1.807) is 11.3 Å². The number of benzene rings is 1. The molecule has 2 heterocycles. The van der Waals surface area contributed by atoms with Crippen LogP contribution in [0.1, 0.15) is 22.4 Å². The maximum atomic E-state index is 5.60. The Morgan fingerprint density at radius 1 is 1.24 bits per heavy atom. The molecular weight excluding hydrogens is 284 g/mol. The fourth-order valence-electron chi connectivity index (χ4n) is 2.28. The molecule has 0 bridgehead atoms. The minimum atomic E-state index is 0.639. The van der Waals surface area contributed by atoms with Gasteiger partial charge in [0.25, 0.3) is 0 Å². The molecule has 2 aromatic rings. The Balaban J connectivity index is 1.47. The minimum Gasteiger partial charge on any atom is -0.486 e. The van der Waals surface area contributed by atoms with E-state index in [1.807, 2.05) is 12.3 Å². The number of hydrogen-bond donors (Lipinski definition) is 1. The van der Waals surface area contributed by atoms with Gasteiger partial charge in [-0.25, -0.2) is 4.98 Å². The first-order valence-corrected chi connectivity index (χ1v) is 8.19. The summed E-state index contributed by atoms with van der Waals surface area (Å²) < 4.78 is 11.1. The summed E-state index contributed by atoms with van der Waals surface area (Å²) in [5, 5.41) is 4.67. The fraction of sp³-hybridized carbons (Fsp3) is 0.438. The molecule has 0 atom stereocenters. The van der Waals surface area contributed by atoms with E-state index in [4.69, 9.17) is 9.47 Å². The molecule has 1 aromatic heterocycles. The van der Waals surface area contributed by atoms with Crippen LogP contribution in [0.2, 0.25) is 0 Å². The molecular formula is C16H20N2O2S. The summed E-state index contributed by atoms with van der Waals surface area (Å²) in [6.07, 6.45) is 3.97. The predicted molar refractivity (Wildman–Crippen MR) is 84.3 cm³/mol. The van der Waals surface area contributed by atoms with Crippen molar-refractivity contribution in [1.29, 1.82) is 0 Å². The van der Waals surface area contributed by atoms with Crippen molar-refractivity contribution in [2.24, 2.45) is 0 Å². The van der Waals surface area contributed by atoms with Crippen LogP contribution in [0.5, 0.6) is 11.5 Å². The van der Waals surface area contributed by atoms with Crippen LogP contribution in [-0.2, 0) is 19.4 Å². The lowest BCUT2D eigenvalue weighted by Crippen LogP contribution is -2.17.